The van der Waals surface area contributed by atoms with Gasteiger partial charge >= 0.3 is 11.8 Å². The maximum atomic E-state index is 11.9. The van der Waals surface area contributed by atoms with Crippen LogP contribution in [0, 0.1) is 0 Å². The summed E-state index contributed by atoms with van der Waals surface area (Å²) < 4.78 is 0. The van der Waals surface area contributed by atoms with Crippen LogP contribution in [0.1, 0.15) is 27.7 Å². The van der Waals surface area contributed by atoms with Crippen LogP contribution < -0.4 is 5.73 Å². The first-order valence-corrected chi connectivity index (χ1v) is 5.64. The Balaban J connectivity index is 2.85. The topological polar surface area (TPSA) is 66.6 Å². The molecule has 0 saturated carbocycles. The largest absolute Gasteiger partial charge is 0.330 e. The smallest absolute Gasteiger partial charge is 0.312 e. The van der Waals surface area contributed by atoms with E-state index in [-0.39, 0.29) is 6.04 Å². The molecule has 0 unspecified atom stereocenters. The number of hydrogen-bond acceptors (Lipinski definition) is 3. The molecule has 1 heterocycles. The fraction of sp³-hybridized carbons (Fsp3) is 0.818. The molecule has 1 rings (SSSR count). The Morgan fingerprint density at radius 2 is 1.81 bits per heavy atom. The van der Waals surface area contributed by atoms with Crippen LogP contribution in [-0.2, 0) is 9.59 Å². The van der Waals surface area contributed by atoms with Crippen LogP contribution in [0.2, 0.25) is 0 Å². The van der Waals surface area contributed by atoms with Gasteiger partial charge in [-0.1, -0.05) is 0 Å². The number of carbonyl (C=O) groups is 2. The van der Waals surface area contributed by atoms with Crippen molar-refractivity contribution in [3.8, 4) is 0 Å². The molecule has 2 amide bonds. The van der Waals surface area contributed by atoms with E-state index in [0.717, 1.165) is 0 Å². The molecule has 5 nitrogen and oxygen atoms in total. The normalized spacial score (nSPS) is 18.6. The van der Waals surface area contributed by atoms with Gasteiger partial charge in [0.05, 0.1) is 5.54 Å². The maximum absolute atomic E-state index is 11.9. The first-order chi connectivity index (χ1) is 7.31. The van der Waals surface area contributed by atoms with Crippen LogP contribution in [0.5, 0.6) is 0 Å². The van der Waals surface area contributed by atoms with Gasteiger partial charge in [-0.2, -0.15) is 0 Å². The summed E-state index contributed by atoms with van der Waals surface area (Å²) in [6.07, 6.45) is 0. The summed E-state index contributed by atoms with van der Waals surface area (Å²) >= 11 is 0. The highest BCUT2D eigenvalue weighted by Crippen LogP contribution is 2.18. The number of amides is 2. The Morgan fingerprint density at radius 3 is 2.25 bits per heavy atom. The third kappa shape index (κ3) is 2.19. The molecular formula is C11H21N3O2. The molecule has 0 aromatic carbocycles. The molecular weight excluding hydrogens is 206 g/mol. The Morgan fingerprint density at radius 1 is 1.25 bits per heavy atom. The number of nitrogens with two attached hydrogens (primary N) is 1. The molecule has 5 heteroatoms. The average Bonchev–Trinajstić information content (AvgIpc) is 2.21. The van der Waals surface area contributed by atoms with E-state index < -0.39 is 17.4 Å². The number of rotatable bonds is 3. The van der Waals surface area contributed by atoms with Crippen molar-refractivity contribution in [3.63, 3.8) is 0 Å². The molecule has 0 aliphatic carbocycles. The van der Waals surface area contributed by atoms with Crippen molar-refractivity contribution in [3.05, 3.63) is 0 Å². The van der Waals surface area contributed by atoms with E-state index >= 15 is 0 Å². The van der Waals surface area contributed by atoms with Crippen molar-refractivity contribution < 1.29 is 9.59 Å². The summed E-state index contributed by atoms with van der Waals surface area (Å²) in [5.74, 6) is -0.849. The standard InChI is InChI=1S/C11H21N3O2/c1-8(2)13-5-6-14(10(16)9(13)15)11(3,4)7-12/h8H,5-7,12H2,1-4H3. The van der Waals surface area contributed by atoms with Crippen molar-refractivity contribution in [2.45, 2.75) is 39.3 Å². The molecule has 0 radical (unpaired) electrons. The summed E-state index contributed by atoms with van der Waals surface area (Å²) in [4.78, 5) is 26.9. The number of nitrogens with zero attached hydrogens (tertiary/aromatic N) is 2. The highest BCUT2D eigenvalue weighted by molar-refractivity contribution is 6.35. The zero-order valence-corrected chi connectivity index (χ0v) is 10.5. The SMILES string of the molecule is CC(C)N1CCN(C(C)(C)CN)C(=O)C1=O. The van der Waals surface area contributed by atoms with Crippen LogP contribution in [-0.4, -0.2) is 52.8 Å². The average molecular weight is 227 g/mol. The summed E-state index contributed by atoms with van der Waals surface area (Å²) in [5, 5.41) is 0. The molecule has 0 aromatic rings. The van der Waals surface area contributed by atoms with Gasteiger partial charge in [-0.05, 0) is 27.7 Å². The lowest BCUT2D eigenvalue weighted by Gasteiger charge is -2.43. The van der Waals surface area contributed by atoms with Gasteiger partial charge in [0.1, 0.15) is 0 Å². The van der Waals surface area contributed by atoms with Gasteiger partial charge in [-0.3, -0.25) is 9.59 Å². The van der Waals surface area contributed by atoms with E-state index in [9.17, 15) is 9.59 Å². The second-order valence-electron chi connectivity index (χ2n) is 5.07. The number of piperazine rings is 1. The van der Waals surface area contributed by atoms with Crippen molar-refractivity contribution in [2.24, 2.45) is 5.73 Å². The van der Waals surface area contributed by atoms with Gasteiger partial charge in [0.15, 0.2) is 0 Å². The van der Waals surface area contributed by atoms with Gasteiger partial charge in [-0.25, -0.2) is 0 Å². The minimum Gasteiger partial charge on any atom is -0.330 e. The van der Waals surface area contributed by atoms with Crippen molar-refractivity contribution >= 4 is 11.8 Å². The third-order valence-corrected chi connectivity index (χ3v) is 3.11. The maximum Gasteiger partial charge on any atom is 0.312 e. The van der Waals surface area contributed by atoms with Gasteiger partial charge in [0, 0.05) is 25.7 Å². The van der Waals surface area contributed by atoms with Crippen LogP contribution in [0.25, 0.3) is 0 Å². The molecule has 16 heavy (non-hydrogen) atoms. The predicted octanol–water partition coefficient (Wildman–Crippen LogP) is -0.197. The Labute approximate surface area is 96.6 Å². The number of hydrogen-bond donors (Lipinski definition) is 1. The lowest BCUT2D eigenvalue weighted by molar-refractivity contribution is -0.161. The minimum absolute atomic E-state index is 0.0691. The first-order valence-electron chi connectivity index (χ1n) is 5.64. The second-order valence-corrected chi connectivity index (χ2v) is 5.07. The monoisotopic (exact) mass is 227 g/mol. The van der Waals surface area contributed by atoms with Crippen molar-refractivity contribution in [2.75, 3.05) is 19.6 Å². The van der Waals surface area contributed by atoms with E-state index in [4.69, 9.17) is 5.73 Å². The van der Waals surface area contributed by atoms with E-state index in [0.29, 0.717) is 19.6 Å². The lowest BCUT2D eigenvalue weighted by atomic mass is 10.0. The van der Waals surface area contributed by atoms with Gasteiger partial charge in [0.2, 0.25) is 0 Å². The van der Waals surface area contributed by atoms with Crippen molar-refractivity contribution in [1.29, 1.82) is 0 Å². The molecule has 2 N–H and O–H groups in total. The van der Waals surface area contributed by atoms with Crippen molar-refractivity contribution in [1.82, 2.24) is 9.80 Å². The molecule has 0 aromatic heterocycles. The number of carbonyl (C=O) groups excluding carboxylic acids is 2. The fourth-order valence-electron chi connectivity index (χ4n) is 1.83. The Hall–Kier alpha value is -1.10. The van der Waals surface area contributed by atoms with Gasteiger partial charge in [-0.15, -0.1) is 0 Å². The zero-order valence-electron chi connectivity index (χ0n) is 10.5. The van der Waals surface area contributed by atoms with Crippen LogP contribution >= 0.6 is 0 Å². The van der Waals surface area contributed by atoms with E-state index in [1.165, 1.54) is 0 Å². The summed E-state index contributed by atoms with van der Waals surface area (Å²) in [6, 6.07) is 0.0691. The van der Waals surface area contributed by atoms with Gasteiger partial charge < -0.3 is 15.5 Å². The quantitative estimate of drug-likeness (QED) is 0.679. The molecule has 1 saturated heterocycles. The molecule has 1 aliphatic heterocycles. The summed E-state index contributed by atoms with van der Waals surface area (Å²) in [6.45, 7) is 9.09. The zero-order chi connectivity index (χ0) is 12.5. The molecule has 0 spiro atoms. The van der Waals surface area contributed by atoms with E-state index in [1.807, 2.05) is 27.7 Å². The van der Waals surface area contributed by atoms with E-state index in [2.05, 4.69) is 0 Å². The Bertz CT molecular complexity index is 300. The highest BCUT2D eigenvalue weighted by atomic mass is 16.2. The summed E-state index contributed by atoms with van der Waals surface area (Å²) in [5.41, 5.74) is 5.17. The van der Waals surface area contributed by atoms with Gasteiger partial charge in [0.25, 0.3) is 0 Å². The lowest BCUT2D eigenvalue weighted by Crippen LogP contribution is -2.63. The van der Waals surface area contributed by atoms with Crippen LogP contribution in [0.15, 0.2) is 0 Å². The molecule has 1 aliphatic rings. The molecule has 0 atom stereocenters. The first kappa shape index (κ1) is 13.0. The highest BCUT2D eigenvalue weighted by Gasteiger charge is 2.40. The molecule has 0 bridgehead atoms. The third-order valence-electron chi connectivity index (χ3n) is 3.11. The molecule has 1 fully saturated rings. The minimum atomic E-state index is -0.449. The van der Waals surface area contributed by atoms with Crippen LogP contribution in [0.3, 0.4) is 0 Å². The van der Waals surface area contributed by atoms with E-state index in [1.54, 1.807) is 9.80 Å². The second kappa shape index (κ2) is 4.41. The summed E-state index contributed by atoms with van der Waals surface area (Å²) in [7, 11) is 0. The Kier molecular flexibility index (Phi) is 3.57. The fourth-order valence-corrected chi connectivity index (χ4v) is 1.83. The van der Waals surface area contributed by atoms with Crippen LogP contribution in [0.4, 0.5) is 0 Å². The predicted molar refractivity (Wildman–Crippen MR) is 61.7 cm³/mol. The molecule has 92 valence electrons.